The van der Waals surface area contributed by atoms with Gasteiger partial charge in [0.1, 0.15) is 0 Å². The molecule has 0 spiro atoms. The maximum atomic E-state index is 5.93. The second kappa shape index (κ2) is 4.71. The molecule has 2 aliphatic rings. The number of rotatable bonds is 3. The predicted molar refractivity (Wildman–Crippen MR) is 74.7 cm³/mol. The number of hydrogen-bond acceptors (Lipinski definition) is 2. The number of halogens is 1. The molecule has 0 radical (unpaired) electrons. The first-order valence-corrected chi connectivity index (χ1v) is 7.06. The smallest absolute Gasteiger partial charge is 0.179 e. The van der Waals surface area contributed by atoms with E-state index < -0.39 is 5.79 Å². The highest BCUT2D eigenvalue weighted by molar-refractivity contribution is 14.1. The van der Waals surface area contributed by atoms with Crippen LogP contribution in [0.1, 0.15) is 12.0 Å². The Morgan fingerprint density at radius 3 is 2.53 bits per heavy atom. The Hall–Kier alpha value is -0.390. The van der Waals surface area contributed by atoms with Crippen LogP contribution in [0.15, 0.2) is 36.4 Å². The molecular weight excluding hydrogens is 327 g/mol. The van der Waals surface area contributed by atoms with E-state index in [1.807, 2.05) is 0 Å². The van der Waals surface area contributed by atoms with Crippen molar-refractivity contribution < 1.29 is 9.47 Å². The Balaban J connectivity index is 1.86. The molecule has 0 saturated carbocycles. The number of hydrogen-bond donors (Lipinski definition) is 0. The van der Waals surface area contributed by atoms with E-state index in [0.717, 1.165) is 12.8 Å². The summed E-state index contributed by atoms with van der Waals surface area (Å²) in [5, 5.41) is 0. The lowest BCUT2D eigenvalue weighted by atomic mass is 9.83. The summed E-state index contributed by atoms with van der Waals surface area (Å²) >= 11 is 2.38. The van der Waals surface area contributed by atoms with Crippen molar-refractivity contribution in [2.45, 2.75) is 18.6 Å². The molecule has 1 aliphatic heterocycles. The summed E-state index contributed by atoms with van der Waals surface area (Å²) in [4.78, 5) is 0. The fourth-order valence-electron chi connectivity index (χ4n) is 2.42. The van der Waals surface area contributed by atoms with Gasteiger partial charge >= 0.3 is 0 Å². The molecule has 0 aromatic heterocycles. The Morgan fingerprint density at radius 2 is 1.94 bits per heavy atom. The third-order valence-electron chi connectivity index (χ3n) is 3.49. The van der Waals surface area contributed by atoms with E-state index in [4.69, 9.17) is 9.47 Å². The molecule has 90 valence electrons. The minimum atomic E-state index is -0.407. The van der Waals surface area contributed by atoms with Gasteiger partial charge in [0.05, 0.1) is 13.2 Å². The van der Waals surface area contributed by atoms with Crippen LogP contribution in [0.2, 0.25) is 0 Å². The molecule has 1 saturated heterocycles. The van der Waals surface area contributed by atoms with Gasteiger partial charge in [-0.05, 0) is 40.6 Å². The van der Waals surface area contributed by atoms with Crippen molar-refractivity contribution >= 4 is 22.6 Å². The van der Waals surface area contributed by atoms with E-state index >= 15 is 0 Å². The molecule has 2 nitrogen and oxygen atoms in total. The molecule has 1 atom stereocenters. The van der Waals surface area contributed by atoms with Crippen molar-refractivity contribution in [3.05, 3.63) is 45.6 Å². The van der Waals surface area contributed by atoms with Crippen molar-refractivity contribution in [1.29, 1.82) is 0 Å². The molecule has 1 aliphatic carbocycles. The standard InChI is InChI=1S/C14H15IO2/c15-13-7-2-1-4-11(13)10-14(12-5-3-6-12)16-8-9-17-14/h1-5,7,12H,6,8-10H2. The summed E-state index contributed by atoms with van der Waals surface area (Å²) in [6.07, 6.45) is 6.32. The molecule has 17 heavy (non-hydrogen) atoms. The monoisotopic (exact) mass is 342 g/mol. The van der Waals surface area contributed by atoms with Crippen LogP contribution >= 0.6 is 22.6 Å². The van der Waals surface area contributed by atoms with Gasteiger partial charge in [0.2, 0.25) is 0 Å². The van der Waals surface area contributed by atoms with Crippen LogP contribution in [-0.2, 0) is 15.9 Å². The molecule has 3 heteroatoms. The quantitative estimate of drug-likeness (QED) is 0.621. The number of ether oxygens (including phenoxy) is 2. The first-order chi connectivity index (χ1) is 8.30. The van der Waals surface area contributed by atoms with E-state index in [1.54, 1.807) is 0 Å². The van der Waals surface area contributed by atoms with Crippen molar-refractivity contribution in [2.75, 3.05) is 13.2 Å². The molecular formula is C14H15IO2. The first-order valence-electron chi connectivity index (χ1n) is 5.98. The lowest BCUT2D eigenvalue weighted by molar-refractivity contribution is -0.186. The van der Waals surface area contributed by atoms with Gasteiger partial charge in [-0.15, -0.1) is 0 Å². The van der Waals surface area contributed by atoms with Gasteiger partial charge in [0.15, 0.2) is 5.79 Å². The maximum Gasteiger partial charge on any atom is 0.179 e. The zero-order valence-corrected chi connectivity index (χ0v) is 11.7. The van der Waals surface area contributed by atoms with Gasteiger partial charge in [-0.3, -0.25) is 0 Å². The minimum absolute atomic E-state index is 0.407. The van der Waals surface area contributed by atoms with Crippen LogP contribution in [0.3, 0.4) is 0 Å². The average molecular weight is 342 g/mol. The van der Waals surface area contributed by atoms with Gasteiger partial charge in [-0.1, -0.05) is 30.4 Å². The summed E-state index contributed by atoms with van der Waals surface area (Å²) in [7, 11) is 0. The lowest BCUT2D eigenvalue weighted by Crippen LogP contribution is -2.42. The Labute approximate surface area is 115 Å². The van der Waals surface area contributed by atoms with Gasteiger partial charge in [-0.25, -0.2) is 0 Å². The summed E-state index contributed by atoms with van der Waals surface area (Å²) < 4.78 is 13.1. The van der Waals surface area contributed by atoms with E-state index in [1.165, 1.54) is 9.13 Å². The van der Waals surface area contributed by atoms with Gasteiger partial charge < -0.3 is 9.47 Å². The molecule has 1 aromatic carbocycles. The molecule has 0 N–H and O–H groups in total. The second-order valence-electron chi connectivity index (χ2n) is 4.55. The zero-order chi connectivity index (χ0) is 11.7. The highest BCUT2D eigenvalue weighted by Crippen LogP contribution is 2.39. The zero-order valence-electron chi connectivity index (χ0n) is 9.56. The van der Waals surface area contributed by atoms with Crippen molar-refractivity contribution in [1.82, 2.24) is 0 Å². The summed E-state index contributed by atoms with van der Waals surface area (Å²) in [5.41, 5.74) is 1.32. The third-order valence-corrected chi connectivity index (χ3v) is 4.55. The van der Waals surface area contributed by atoms with Crippen LogP contribution in [0.5, 0.6) is 0 Å². The van der Waals surface area contributed by atoms with Gasteiger partial charge in [-0.2, -0.15) is 0 Å². The molecule has 1 unspecified atom stereocenters. The Morgan fingerprint density at radius 1 is 1.24 bits per heavy atom. The molecule has 1 aromatic rings. The van der Waals surface area contributed by atoms with Crippen LogP contribution in [0, 0.1) is 9.49 Å². The van der Waals surface area contributed by atoms with Crippen molar-refractivity contribution in [3.8, 4) is 0 Å². The van der Waals surface area contributed by atoms with Crippen molar-refractivity contribution in [3.63, 3.8) is 0 Å². The minimum Gasteiger partial charge on any atom is -0.347 e. The van der Waals surface area contributed by atoms with Gasteiger partial charge in [0.25, 0.3) is 0 Å². The van der Waals surface area contributed by atoms with Crippen LogP contribution in [0.25, 0.3) is 0 Å². The van der Waals surface area contributed by atoms with E-state index in [0.29, 0.717) is 19.1 Å². The molecule has 1 heterocycles. The number of benzene rings is 1. The first kappa shape index (κ1) is 11.7. The number of allylic oxidation sites excluding steroid dienone is 1. The Kier molecular flexibility index (Phi) is 3.23. The fourth-order valence-corrected chi connectivity index (χ4v) is 3.00. The maximum absolute atomic E-state index is 5.93. The van der Waals surface area contributed by atoms with E-state index in [9.17, 15) is 0 Å². The molecule has 0 bridgehead atoms. The average Bonchev–Trinajstić information content (AvgIpc) is 2.68. The molecule has 1 fully saturated rings. The predicted octanol–water partition coefficient (Wildman–Crippen LogP) is 3.15. The van der Waals surface area contributed by atoms with E-state index in [-0.39, 0.29) is 0 Å². The largest absolute Gasteiger partial charge is 0.347 e. The fraction of sp³-hybridized carbons (Fsp3) is 0.429. The lowest BCUT2D eigenvalue weighted by Gasteiger charge is -2.37. The topological polar surface area (TPSA) is 18.5 Å². The SMILES string of the molecule is Ic1ccccc1CC1(C2C=CC2)OCCO1. The van der Waals surface area contributed by atoms with Crippen molar-refractivity contribution in [2.24, 2.45) is 5.92 Å². The van der Waals surface area contributed by atoms with E-state index in [2.05, 4.69) is 59.0 Å². The van der Waals surface area contributed by atoms with Crippen LogP contribution in [-0.4, -0.2) is 19.0 Å². The summed E-state index contributed by atoms with van der Waals surface area (Å²) in [5.74, 6) is 0.0109. The third kappa shape index (κ3) is 2.16. The normalized spacial score (nSPS) is 25.8. The molecule has 3 rings (SSSR count). The van der Waals surface area contributed by atoms with Gasteiger partial charge in [0, 0.05) is 15.9 Å². The molecule has 0 amide bonds. The highest BCUT2D eigenvalue weighted by atomic mass is 127. The second-order valence-corrected chi connectivity index (χ2v) is 5.71. The van der Waals surface area contributed by atoms with Crippen LogP contribution < -0.4 is 0 Å². The summed E-state index contributed by atoms with van der Waals surface area (Å²) in [6, 6.07) is 8.44. The van der Waals surface area contributed by atoms with Crippen LogP contribution in [0.4, 0.5) is 0 Å². The highest BCUT2D eigenvalue weighted by Gasteiger charge is 2.44. The Bertz CT molecular complexity index is 436. The summed E-state index contributed by atoms with van der Waals surface area (Å²) in [6.45, 7) is 1.43.